The third-order valence-corrected chi connectivity index (χ3v) is 4.88. The van der Waals surface area contributed by atoms with Gasteiger partial charge in [0.1, 0.15) is 5.56 Å². The minimum atomic E-state index is -0.327. The first-order chi connectivity index (χ1) is 13.1. The highest BCUT2D eigenvalue weighted by molar-refractivity contribution is 5.97. The van der Waals surface area contributed by atoms with Gasteiger partial charge in [-0.1, -0.05) is 62.2 Å². The van der Waals surface area contributed by atoms with Crippen molar-refractivity contribution < 1.29 is 4.79 Å². The first kappa shape index (κ1) is 18.9. The van der Waals surface area contributed by atoms with Crippen LogP contribution in [0, 0.1) is 0 Å². The van der Waals surface area contributed by atoms with Crippen molar-refractivity contribution in [3.63, 3.8) is 0 Å². The van der Waals surface area contributed by atoms with Crippen molar-refractivity contribution in [2.75, 3.05) is 0 Å². The number of aromatic nitrogens is 1. The van der Waals surface area contributed by atoms with Crippen molar-refractivity contribution in [2.24, 2.45) is 0 Å². The molecule has 0 fully saturated rings. The average molecular weight is 362 g/mol. The number of benzene rings is 2. The first-order valence-electron chi connectivity index (χ1n) is 9.59. The van der Waals surface area contributed by atoms with Gasteiger partial charge in [0.15, 0.2) is 0 Å². The van der Waals surface area contributed by atoms with E-state index in [4.69, 9.17) is 0 Å². The maximum absolute atomic E-state index is 12.9. The molecular formula is C23H26N2O2. The fourth-order valence-corrected chi connectivity index (χ4v) is 3.32. The summed E-state index contributed by atoms with van der Waals surface area (Å²) in [4.78, 5) is 25.7. The van der Waals surface area contributed by atoms with Gasteiger partial charge in [0.2, 0.25) is 5.43 Å². The molecule has 0 unspecified atom stereocenters. The van der Waals surface area contributed by atoms with Crippen LogP contribution in [0.1, 0.15) is 55.1 Å². The Bertz CT molecular complexity index is 977. The predicted octanol–water partition coefficient (Wildman–Crippen LogP) is 4.68. The maximum Gasteiger partial charge on any atom is 0.257 e. The van der Waals surface area contributed by atoms with E-state index in [0.29, 0.717) is 5.39 Å². The first-order valence-corrected chi connectivity index (χ1v) is 9.59. The number of rotatable bonds is 7. The van der Waals surface area contributed by atoms with Crippen LogP contribution in [-0.2, 0) is 6.54 Å². The standard InChI is InChI=1S/C23H26N2O2/c1-3-4-10-15-25-16-20(22(26)19-13-8-9-14-21(19)25)23(27)24-17(2)18-11-6-5-7-12-18/h5-9,11-14,16-17H,3-4,10,15H2,1-2H3,(H,24,27)/t17-/m0/s1. The molecule has 1 amide bonds. The molecule has 0 saturated heterocycles. The molecule has 1 atom stereocenters. The second-order valence-electron chi connectivity index (χ2n) is 6.90. The van der Waals surface area contributed by atoms with E-state index in [1.165, 1.54) is 0 Å². The van der Waals surface area contributed by atoms with E-state index in [2.05, 4.69) is 12.2 Å². The van der Waals surface area contributed by atoms with Crippen LogP contribution in [0.25, 0.3) is 10.9 Å². The second kappa shape index (κ2) is 8.67. The van der Waals surface area contributed by atoms with Crippen molar-refractivity contribution in [3.05, 3.63) is 82.1 Å². The van der Waals surface area contributed by atoms with E-state index in [-0.39, 0.29) is 22.9 Å². The Morgan fingerprint density at radius 1 is 1.04 bits per heavy atom. The molecule has 1 N–H and O–H groups in total. The number of aryl methyl sites for hydroxylation is 1. The number of unbranched alkanes of at least 4 members (excludes halogenated alkanes) is 2. The Labute approximate surface area is 159 Å². The number of amides is 1. The number of fused-ring (bicyclic) bond motifs is 1. The number of hydrogen-bond donors (Lipinski definition) is 1. The van der Waals surface area contributed by atoms with Gasteiger partial charge in [-0.05, 0) is 31.0 Å². The van der Waals surface area contributed by atoms with Gasteiger partial charge in [0, 0.05) is 18.1 Å². The summed E-state index contributed by atoms with van der Waals surface area (Å²) in [6, 6.07) is 17.1. The number of para-hydroxylation sites is 1. The fraction of sp³-hybridized carbons (Fsp3) is 0.304. The van der Waals surface area contributed by atoms with Crippen molar-refractivity contribution >= 4 is 16.8 Å². The molecule has 0 bridgehead atoms. The lowest BCUT2D eigenvalue weighted by molar-refractivity contribution is 0.0938. The summed E-state index contributed by atoms with van der Waals surface area (Å²) in [7, 11) is 0. The van der Waals surface area contributed by atoms with Gasteiger partial charge in [-0.3, -0.25) is 9.59 Å². The summed E-state index contributed by atoms with van der Waals surface area (Å²) in [6.45, 7) is 4.88. The number of hydrogen-bond acceptors (Lipinski definition) is 2. The van der Waals surface area contributed by atoms with Crippen LogP contribution < -0.4 is 10.7 Å². The molecule has 0 aliphatic carbocycles. The number of carbonyl (C=O) groups is 1. The van der Waals surface area contributed by atoms with Crippen molar-refractivity contribution in [2.45, 2.75) is 45.7 Å². The average Bonchev–Trinajstić information content (AvgIpc) is 2.70. The third kappa shape index (κ3) is 4.27. The molecule has 3 aromatic rings. The maximum atomic E-state index is 12.9. The molecule has 1 aromatic heterocycles. The van der Waals surface area contributed by atoms with Crippen LogP contribution in [0.3, 0.4) is 0 Å². The lowest BCUT2D eigenvalue weighted by Crippen LogP contribution is -2.31. The Morgan fingerprint density at radius 3 is 2.48 bits per heavy atom. The van der Waals surface area contributed by atoms with Crippen molar-refractivity contribution in [1.29, 1.82) is 0 Å². The molecule has 0 saturated carbocycles. The molecule has 1 heterocycles. The van der Waals surface area contributed by atoms with Gasteiger partial charge < -0.3 is 9.88 Å². The summed E-state index contributed by atoms with van der Waals surface area (Å²) in [5.74, 6) is -0.327. The van der Waals surface area contributed by atoms with Gasteiger partial charge in [0.05, 0.1) is 11.6 Å². The molecule has 4 nitrogen and oxygen atoms in total. The molecule has 140 valence electrons. The summed E-state index contributed by atoms with van der Waals surface area (Å²) in [5.41, 5.74) is 1.88. The Kier molecular flexibility index (Phi) is 6.07. The highest BCUT2D eigenvalue weighted by Gasteiger charge is 2.17. The highest BCUT2D eigenvalue weighted by Crippen LogP contribution is 2.15. The molecule has 4 heteroatoms. The zero-order chi connectivity index (χ0) is 19.2. The van der Waals surface area contributed by atoms with E-state index in [9.17, 15) is 9.59 Å². The molecule has 0 aliphatic heterocycles. The smallest absolute Gasteiger partial charge is 0.257 e. The molecule has 27 heavy (non-hydrogen) atoms. The van der Waals surface area contributed by atoms with Crippen molar-refractivity contribution in [3.8, 4) is 0 Å². The van der Waals surface area contributed by atoms with Crippen molar-refractivity contribution in [1.82, 2.24) is 9.88 Å². The monoisotopic (exact) mass is 362 g/mol. The van der Waals surface area contributed by atoms with E-state index < -0.39 is 0 Å². The van der Waals surface area contributed by atoms with Gasteiger partial charge >= 0.3 is 0 Å². The minimum Gasteiger partial charge on any atom is -0.346 e. The number of nitrogens with one attached hydrogen (secondary N) is 1. The van der Waals surface area contributed by atoms with Crippen LogP contribution >= 0.6 is 0 Å². The lowest BCUT2D eigenvalue weighted by atomic mass is 10.1. The summed E-state index contributed by atoms with van der Waals surface area (Å²) in [5, 5.41) is 3.55. The van der Waals surface area contributed by atoms with Crippen LogP contribution in [0.2, 0.25) is 0 Å². The lowest BCUT2D eigenvalue weighted by Gasteiger charge is -2.16. The topological polar surface area (TPSA) is 51.1 Å². The quantitative estimate of drug-likeness (QED) is 0.620. The zero-order valence-corrected chi connectivity index (χ0v) is 15.9. The second-order valence-corrected chi connectivity index (χ2v) is 6.90. The Balaban J connectivity index is 1.94. The van der Waals surface area contributed by atoms with E-state index in [1.807, 2.05) is 60.0 Å². The molecule has 0 radical (unpaired) electrons. The van der Waals surface area contributed by atoms with Gasteiger partial charge in [-0.2, -0.15) is 0 Å². The number of nitrogens with zero attached hydrogens (tertiary/aromatic N) is 1. The van der Waals surface area contributed by atoms with Crippen LogP contribution in [0.4, 0.5) is 0 Å². The van der Waals surface area contributed by atoms with Crippen LogP contribution in [0.5, 0.6) is 0 Å². The van der Waals surface area contributed by atoms with Gasteiger partial charge in [-0.15, -0.1) is 0 Å². The van der Waals surface area contributed by atoms with E-state index in [1.54, 1.807) is 12.3 Å². The molecule has 0 spiro atoms. The van der Waals surface area contributed by atoms with E-state index >= 15 is 0 Å². The highest BCUT2D eigenvalue weighted by atomic mass is 16.2. The zero-order valence-electron chi connectivity index (χ0n) is 15.9. The summed E-state index contributed by atoms with van der Waals surface area (Å²) >= 11 is 0. The fourth-order valence-electron chi connectivity index (χ4n) is 3.32. The SMILES string of the molecule is CCCCCn1cc(C(=O)N[C@@H](C)c2ccccc2)c(=O)c2ccccc21. The summed E-state index contributed by atoms with van der Waals surface area (Å²) in [6.07, 6.45) is 4.98. The van der Waals surface area contributed by atoms with Gasteiger partial charge in [-0.25, -0.2) is 0 Å². The Morgan fingerprint density at radius 2 is 1.74 bits per heavy atom. The van der Waals surface area contributed by atoms with Crippen LogP contribution in [-0.4, -0.2) is 10.5 Å². The number of carbonyl (C=O) groups excluding carboxylic acids is 1. The normalized spacial score (nSPS) is 12.1. The summed E-state index contributed by atoms with van der Waals surface area (Å²) < 4.78 is 2.04. The van der Waals surface area contributed by atoms with Gasteiger partial charge in [0.25, 0.3) is 5.91 Å². The predicted molar refractivity (Wildman–Crippen MR) is 110 cm³/mol. The van der Waals surface area contributed by atoms with Crippen LogP contribution in [0.15, 0.2) is 65.6 Å². The molecule has 0 aliphatic rings. The molecule has 3 rings (SSSR count). The molecular weight excluding hydrogens is 336 g/mol. The largest absolute Gasteiger partial charge is 0.346 e. The molecule has 2 aromatic carbocycles. The third-order valence-electron chi connectivity index (χ3n) is 4.88. The minimum absolute atomic E-state index is 0.168. The van der Waals surface area contributed by atoms with E-state index in [0.717, 1.165) is 36.9 Å². The number of pyridine rings is 1. The Hall–Kier alpha value is -2.88.